The van der Waals surface area contributed by atoms with Crippen LogP contribution in [-0.2, 0) is 4.74 Å². The molecule has 1 N–H and O–H groups in total. The Morgan fingerprint density at radius 1 is 1.28 bits per heavy atom. The Labute approximate surface area is 162 Å². The van der Waals surface area contributed by atoms with Crippen LogP contribution in [0.4, 0.5) is 5.13 Å². The Morgan fingerprint density at radius 2 is 2.12 bits per heavy atom. The summed E-state index contributed by atoms with van der Waals surface area (Å²) in [6.45, 7) is 0.936. The van der Waals surface area contributed by atoms with Crippen molar-refractivity contribution in [2.75, 3.05) is 25.6 Å². The van der Waals surface area contributed by atoms with Gasteiger partial charge in [-0.15, -0.1) is 0 Å². The van der Waals surface area contributed by atoms with Crippen molar-refractivity contribution in [2.24, 2.45) is 0 Å². The van der Waals surface area contributed by atoms with E-state index in [1.54, 1.807) is 31.4 Å². The Bertz CT molecular complexity index is 916. The number of aromatic nitrogens is 1. The smallest absolute Gasteiger partial charge is 0.257 e. The van der Waals surface area contributed by atoms with Gasteiger partial charge in [-0.25, -0.2) is 4.98 Å². The lowest BCUT2D eigenvalue weighted by Gasteiger charge is -2.09. The molecule has 0 radical (unpaired) electrons. The van der Waals surface area contributed by atoms with E-state index in [1.807, 2.05) is 12.1 Å². The minimum atomic E-state index is -0.241. The van der Waals surface area contributed by atoms with Gasteiger partial charge in [0, 0.05) is 17.7 Å². The number of benzene rings is 2. The summed E-state index contributed by atoms with van der Waals surface area (Å²) in [5.41, 5.74) is 1.30. The molecule has 8 heteroatoms. The minimum absolute atomic E-state index is 0.241. The van der Waals surface area contributed by atoms with E-state index in [2.05, 4.69) is 26.2 Å². The number of rotatable bonds is 6. The van der Waals surface area contributed by atoms with Gasteiger partial charge in [-0.05, 0) is 52.3 Å². The number of nitrogens with zero attached hydrogens (tertiary/aromatic N) is 1. The Balaban J connectivity index is 1.72. The van der Waals surface area contributed by atoms with Crippen LogP contribution in [0.3, 0.4) is 0 Å². The molecule has 0 atom stereocenters. The largest absolute Gasteiger partial charge is 0.490 e. The number of anilines is 1. The molecule has 25 heavy (non-hydrogen) atoms. The van der Waals surface area contributed by atoms with E-state index >= 15 is 0 Å². The number of methoxy groups -OCH3 is 1. The summed E-state index contributed by atoms with van der Waals surface area (Å²) < 4.78 is 12.1. The molecule has 0 fully saturated rings. The maximum atomic E-state index is 12.4. The molecule has 5 nitrogen and oxygen atoms in total. The second-order valence-corrected chi connectivity index (χ2v) is 7.39. The Morgan fingerprint density at radius 3 is 2.88 bits per heavy atom. The molecule has 1 amide bonds. The van der Waals surface area contributed by atoms with Crippen molar-refractivity contribution in [3.05, 3.63) is 51.5 Å². The summed E-state index contributed by atoms with van der Waals surface area (Å²) in [5.74, 6) is 0.414. The van der Waals surface area contributed by atoms with E-state index in [9.17, 15) is 4.79 Å². The first-order valence-electron chi connectivity index (χ1n) is 7.35. The van der Waals surface area contributed by atoms with Gasteiger partial charge in [0.1, 0.15) is 12.4 Å². The summed E-state index contributed by atoms with van der Waals surface area (Å²) in [4.78, 5) is 16.8. The Hall–Kier alpha value is -1.67. The van der Waals surface area contributed by atoms with E-state index < -0.39 is 0 Å². The number of thiazole rings is 1. The second-order valence-electron chi connectivity index (χ2n) is 5.07. The first-order valence-corrected chi connectivity index (χ1v) is 9.34. The van der Waals surface area contributed by atoms with Gasteiger partial charge in [-0.1, -0.05) is 22.9 Å². The molecule has 130 valence electrons. The van der Waals surface area contributed by atoms with Crippen molar-refractivity contribution in [3.63, 3.8) is 0 Å². The molecular formula is C17H14BrClN2O3S. The fourth-order valence-electron chi connectivity index (χ4n) is 2.12. The number of ether oxygens (including phenoxy) is 2. The fourth-order valence-corrected chi connectivity index (χ4v) is 3.75. The van der Waals surface area contributed by atoms with Crippen molar-refractivity contribution in [1.29, 1.82) is 0 Å². The predicted octanol–water partition coefficient (Wildman–Crippen LogP) is 4.99. The molecule has 0 aliphatic heterocycles. The van der Waals surface area contributed by atoms with Crippen molar-refractivity contribution < 1.29 is 14.3 Å². The quantitative estimate of drug-likeness (QED) is 0.548. The average Bonchev–Trinajstić information content (AvgIpc) is 2.97. The van der Waals surface area contributed by atoms with Gasteiger partial charge in [0.05, 0.1) is 21.3 Å². The van der Waals surface area contributed by atoms with Crippen LogP contribution >= 0.6 is 38.9 Å². The van der Waals surface area contributed by atoms with Crippen LogP contribution in [0.15, 0.2) is 40.9 Å². The number of hydrogen-bond donors (Lipinski definition) is 1. The second kappa shape index (κ2) is 8.14. The predicted molar refractivity (Wildman–Crippen MR) is 104 cm³/mol. The van der Waals surface area contributed by atoms with E-state index in [-0.39, 0.29) is 5.91 Å². The first kappa shape index (κ1) is 18.1. The zero-order valence-corrected chi connectivity index (χ0v) is 16.4. The lowest BCUT2D eigenvalue weighted by Crippen LogP contribution is -2.12. The van der Waals surface area contributed by atoms with E-state index in [0.29, 0.717) is 39.2 Å². The molecule has 1 aromatic heterocycles. The third-order valence-electron chi connectivity index (χ3n) is 3.31. The third kappa shape index (κ3) is 4.49. The van der Waals surface area contributed by atoms with Crippen LogP contribution in [0.1, 0.15) is 10.4 Å². The molecule has 1 heterocycles. The van der Waals surface area contributed by atoms with E-state index in [1.165, 1.54) is 11.3 Å². The minimum Gasteiger partial charge on any atom is -0.490 e. The van der Waals surface area contributed by atoms with Crippen molar-refractivity contribution in [3.8, 4) is 5.75 Å². The number of amides is 1. The number of fused-ring (bicyclic) bond motifs is 1. The molecular weight excluding hydrogens is 428 g/mol. The highest BCUT2D eigenvalue weighted by molar-refractivity contribution is 9.10. The third-order valence-corrected chi connectivity index (χ3v) is 5.10. The van der Waals surface area contributed by atoms with Gasteiger partial charge in [0.25, 0.3) is 5.91 Å². The average molecular weight is 442 g/mol. The molecule has 0 bridgehead atoms. The summed E-state index contributed by atoms with van der Waals surface area (Å²) in [5, 5.41) is 3.98. The van der Waals surface area contributed by atoms with Crippen LogP contribution in [0.5, 0.6) is 5.75 Å². The highest BCUT2D eigenvalue weighted by Crippen LogP contribution is 2.30. The van der Waals surface area contributed by atoms with Crippen molar-refractivity contribution >= 4 is 60.1 Å². The van der Waals surface area contributed by atoms with Gasteiger partial charge < -0.3 is 9.47 Å². The van der Waals surface area contributed by atoms with Gasteiger partial charge in [0.15, 0.2) is 5.13 Å². The summed E-state index contributed by atoms with van der Waals surface area (Å²) in [7, 11) is 1.61. The number of halogens is 2. The monoisotopic (exact) mass is 440 g/mol. The summed E-state index contributed by atoms with van der Waals surface area (Å²) in [6, 6.07) is 10.6. The zero-order valence-electron chi connectivity index (χ0n) is 13.2. The molecule has 0 saturated heterocycles. The summed E-state index contributed by atoms with van der Waals surface area (Å²) >= 11 is 10.8. The van der Waals surface area contributed by atoms with Gasteiger partial charge in [-0.3, -0.25) is 10.1 Å². The molecule has 0 unspecified atom stereocenters. The number of nitrogens with one attached hydrogen (secondary N) is 1. The fraction of sp³-hybridized carbons (Fsp3) is 0.176. The molecule has 0 saturated carbocycles. The number of hydrogen-bond acceptors (Lipinski definition) is 5. The molecule has 0 aliphatic rings. The van der Waals surface area contributed by atoms with Crippen LogP contribution in [-0.4, -0.2) is 31.2 Å². The SMILES string of the molecule is COCCOc1ccc(C(=O)Nc2nc3ccc(Cl)cc3s2)cc1Br. The zero-order chi connectivity index (χ0) is 17.8. The van der Waals surface area contributed by atoms with Crippen LogP contribution in [0.2, 0.25) is 5.02 Å². The Kier molecular flexibility index (Phi) is 5.90. The molecule has 3 rings (SSSR count). The van der Waals surface area contributed by atoms with Crippen molar-refractivity contribution in [2.45, 2.75) is 0 Å². The summed E-state index contributed by atoms with van der Waals surface area (Å²) in [6.07, 6.45) is 0. The van der Waals surface area contributed by atoms with Gasteiger partial charge in [0.2, 0.25) is 0 Å². The van der Waals surface area contributed by atoms with E-state index in [4.69, 9.17) is 21.1 Å². The molecule has 2 aromatic carbocycles. The number of carbonyl (C=O) groups excluding carboxylic acids is 1. The molecule has 0 aliphatic carbocycles. The van der Waals surface area contributed by atoms with Crippen LogP contribution in [0.25, 0.3) is 10.2 Å². The topological polar surface area (TPSA) is 60.5 Å². The number of carbonyl (C=O) groups is 1. The van der Waals surface area contributed by atoms with Crippen molar-refractivity contribution in [1.82, 2.24) is 4.98 Å². The normalized spacial score (nSPS) is 10.8. The molecule has 0 spiro atoms. The maximum Gasteiger partial charge on any atom is 0.257 e. The van der Waals surface area contributed by atoms with Gasteiger partial charge in [-0.2, -0.15) is 0 Å². The van der Waals surface area contributed by atoms with Gasteiger partial charge >= 0.3 is 0 Å². The lowest BCUT2D eigenvalue weighted by molar-refractivity contribution is 0.102. The van der Waals surface area contributed by atoms with Crippen LogP contribution < -0.4 is 10.1 Å². The van der Waals surface area contributed by atoms with Crippen LogP contribution in [0, 0.1) is 0 Å². The standard InChI is InChI=1S/C17H14BrClN2O3S/c1-23-6-7-24-14-5-2-10(8-12(14)18)16(22)21-17-20-13-4-3-11(19)9-15(13)25-17/h2-5,8-9H,6-7H2,1H3,(H,20,21,22). The first-order chi connectivity index (χ1) is 12.1. The molecule has 3 aromatic rings. The highest BCUT2D eigenvalue weighted by Gasteiger charge is 2.12. The lowest BCUT2D eigenvalue weighted by atomic mass is 10.2. The van der Waals surface area contributed by atoms with E-state index in [0.717, 1.165) is 10.2 Å². The maximum absolute atomic E-state index is 12.4. The highest BCUT2D eigenvalue weighted by atomic mass is 79.9.